The molecule has 0 radical (unpaired) electrons. The highest BCUT2D eigenvalue weighted by Gasteiger charge is 2.31. The van der Waals surface area contributed by atoms with E-state index in [2.05, 4.69) is 15.5 Å². The Morgan fingerprint density at radius 2 is 2.11 bits per heavy atom. The van der Waals surface area contributed by atoms with Gasteiger partial charge in [-0.25, -0.2) is 4.79 Å². The number of ether oxygens (including phenoxy) is 2. The summed E-state index contributed by atoms with van der Waals surface area (Å²) in [5, 5.41) is 16.7. The number of benzene rings is 1. The highest BCUT2D eigenvalue weighted by atomic mass is 16.6. The Morgan fingerprint density at radius 1 is 1.33 bits per heavy atom. The van der Waals surface area contributed by atoms with Gasteiger partial charge >= 0.3 is 6.03 Å². The minimum absolute atomic E-state index is 0.0119. The first-order valence-electron chi connectivity index (χ1n) is 9.24. The number of carbonyl (C=O) groups excluding carboxylic acids is 1. The van der Waals surface area contributed by atoms with Crippen molar-refractivity contribution in [3.8, 4) is 0 Å². The second-order valence-electron chi connectivity index (χ2n) is 6.88. The van der Waals surface area contributed by atoms with Crippen molar-refractivity contribution in [2.45, 2.75) is 19.4 Å². The Morgan fingerprint density at radius 3 is 2.78 bits per heavy atom. The number of anilines is 1. The Bertz CT molecular complexity index is 672. The van der Waals surface area contributed by atoms with Crippen LogP contribution in [-0.2, 0) is 9.47 Å². The number of carbonyl (C=O) groups is 1. The topological polar surface area (TPSA) is 106 Å². The van der Waals surface area contributed by atoms with E-state index in [1.165, 1.54) is 6.07 Å². The van der Waals surface area contributed by atoms with Crippen molar-refractivity contribution >= 4 is 17.4 Å². The van der Waals surface area contributed by atoms with Crippen LogP contribution in [0.15, 0.2) is 18.2 Å². The lowest BCUT2D eigenvalue weighted by Gasteiger charge is -2.37. The number of nitro groups is 1. The Kier molecular flexibility index (Phi) is 6.59. The molecule has 0 aromatic heterocycles. The number of urea groups is 1. The molecular formula is C18H26N4O5. The van der Waals surface area contributed by atoms with Crippen molar-refractivity contribution in [1.82, 2.24) is 10.2 Å². The first-order chi connectivity index (χ1) is 13.1. The lowest BCUT2D eigenvalue weighted by atomic mass is 9.97. The maximum absolute atomic E-state index is 12.4. The highest BCUT2D eigenvalue weighted by molar-refractivity contribution is 5.90. The predicted octanol–water partition coefficient (Wildman–Crippen LogP) is 1.76. The summed E-state index contributed by atoms with van der Waals surface area (Å²) in [6.45, 7) is 6.66. The summed E-state index contributed by atoms with van der Waals surface area (Å²) in [4.78, 5) is 25.3. The van der Waals surface area contributed by atoms with Crippen LogP contribution in [0.1, 0.15) is 12.0 Å². The van der Waals surface area contributed by atoms with E-state index < -0.39 is 4.92 Å². The third-order valence-corrected chi connectivity index (χ3v) is 5.25. The van der Waals surface area contributed by atoms with E-state index >= 15 is 0 Å². The number of nitrogens with one attached hydrogen (secondary N) is 2. The number of amides is 2. The zero-order valence-electron chi connectivity index (χ0n) is 15.5. The van der Waals surface area contributed by atoms with Crippen LogP contribution in [0.2, 0.25) is 0 Å². The SMILES string of the molecule is Cc1c(NC(=O)NC[C@H]([C@@H]2CCOC2)N2CCOCC2)cccc1[N+](=O)[O-]. The standard InChI is InChI=1S/C18H26N4O5/c1-13-15(3-2-4-16(13)22(24)25)20-18(23)19-11-17(14-5-8-27-12-14)21-6-9-26-10-7-21/h2-4,14,17H,5-12H2,1H3,(H2,19,20,23)/t14-,17-/m1/s1. The van der Waals surface area contributed by atoms with Crippen molar-refractivity contribution in [2.75, 3.05) is 51.4 Å². The van der Waals surface area contributed by atoms with Gasteiger partial charge in [0.15, 0.2) is 0 Å². The second-order valence-corrected chi connectivity index (χ2v) is 6.88. The van der Waals surface area contributed by atoms with Gasteiger partial charge in [-0.2, -0.15) is 0 Å². The van der Waals surface area contributed by atoms with Crippen LogP contribution < -0.4 is 10.6 Å². The Hall–Kier alpha value is -2.23. The van der Waals surface area contributed by atoms with Crippen molar-refractivity contribution in [1.29, 1.82) is 0 Å². The zero-order valence-corrected chi connectivity index (χ0v) is 15.5. The number of morpholine rings is 1. The van der Waals surface area contributed by atoms with Crippen LogP contribution in [0, 0.1) is 23.0 Å². The van der Waals surface area contributed by atoms with Gasteiger partial charge in [-0.05, 0) is 19.4 Å². The Balaban J connectivity index is 1.60. The van der Waals surface area contributed by atoms with E-state index in [-0.39, 0.29) is 17.8 Å². The van der Waals surface area contributed by atoms with Crippen molar-refractivity contribution in [3.05, 3.63) is 33.9 Å². The predicted molar refractivity (Wildman–Crippen MR) is 100.0 cm³/mol. The van der Waals surface area contributed by atoms with E-state index in [4.69, 9.17) is 9.47 Å². The van der Waals surface area contributed by atoms with Crippen LogP contribution in [0.25, 0.3) is 0 Å². The van der Waals surface area contributed by atoms with Crippen LogP contribution >= 0.6 is 0 Å². The van der Waals surface area contributed by atoms with Crippen molar-refractivity contribution in [2.24, 2.45) is 5.92 Å². The van der Waals surface area contributed by atoms with Gasteiger partial charge in [-0.15, -0.1) is 0 Å². The van der Waals surface area contributed by atoms with Crippen LogP contribution in [0.4, 0.5) is 16.2 Å². The number of hydrogen-bond donors (Lipinski definition) is 2. The van der Waals surface area contributed by atoms with Gasteiger partial charge in [-0.3, -0.25) is 15.0 Å². The summed E-state index contributed by atoms with van der Waals surface area (Å²) in [5.41, 5.74) is 0.863. The van der Waals surface area contributed by atoms with Crippen LogP contribution in [0.5, 0.6) is 0 Å². The van der Waals surface area contributed by atoms with E-state index in [9.17, 15) is 14.9 Å². The summed E-state index contributed by atoms with van der Waals surface area (Å²) in [7, 11) is 0. The van der Waals surface area contributed by atoms with Crippen LogP contribution in [-0.4, -0.2) is 68.0 Å². The number of hydrogen-bond acceptors (Lipinski definition) is 6. The molecule has 148 valence electrons. The molecule has 9 nitrogen and oxygen atoms in total. The molecule has 0 spiro atoms. The first-order valence-corrected chi connectivity index (χ1v) is 9.24. The molecule has 0 unspecified atom stereocenters. The molecule has 0 saturated carbocycles. The fourth-order valence-electron chi connectivity index (χ4n) is 3.68. The van der Waals surface area contributed by atoms with E-state index in [0.717, 1.165) is 26.1 Å². The van der Waals surface area contributed by atoms with Gasteiger partial charge in [0.1, 0.15) is 0 Å². The molecule has 2 aliphatic heterocycles. The third kappa shape index (κ3) is 4.94. The van der Waals surface area contributed by atoms with E-state index in [1.54, 1.807) is 19.1 Å². The molecule has 0 aliphatic carbocycles. The lowest BCUT2D eigenvalue weighted by molar-refractivity contribution is -0.385. The smallest absolute Gasteiger partial charge is 0.319 e. The molecule has 1 aromatic rings. The molecule has 2 fully saturated rings. The molecule has 2 N–H and O–H groups in total. The van der Waals surface area contributed by atoms with Crippen LogP contribution in [0.3, 0.4) is 0 Å². The molecule has 3 rings (SSSR count). The molecule has 2 aliphatic rings. The van der Waals surface area contributed by atoms with Gasteiger partial charge < -0.3 is 20.1 Å². The summed E-state index contributed by atoms with van der Waals surface area (Å²) in [5.74, 6) is 0.378. The van der Waals surface area contributed by atoms with Crippen molar-refractivity contribution < 1.29 is 19.2 Å². The summed E-state index contributed by atoms with van der Waals surface area (Å²) in [6.07, 6.45) is 0.981. The molecule has 2 heterocycles. The molecule has 27 heavy (non-hydrogen) atoms. The summed E-state index contributed by atoms with van der Waals surface area (Å²) < 4.78 is 11.0. The summed E-state index contributed by atoms with van der Waals surface area (Å²) in [6, 6.07) is 4.47. The number of rotatable bonds is 6. The van der Waals surface area contributed by atoms with Gasteiger partial charge in [0.2, 0.25) is 0 Å². The highest BCUT2D eigenvalue weighted by Crippen LogP contribution is 2.25. The molecular weight excluding hydrogens is 352 g/mol. The van der Waals surface area contributed by atoms with E-state index in [1.807, 2.05) is 0 Å². The Labute approximate surface area is 158 Å². The number of nitro benzene ring substituents is 1. The first kappa shape index (κ1) is 19.5. The largest absolute Gasteiger partial charge is 0.381 e. The molecule has 2 atom stereocenters. The average molecular weight is 378 g/mol. The molecule has 2 amide bonds. The van der Waals surface area contributed by atoms with Gasteiger partial charge in [0.05, 0.1) is 36.0 Å². The van der Waals surface area contributed by atoms with Gasteiger partial charge in [-0.1, -0.05) is 6.07 Å². The zero-order chi connectivity index (χ0) is 19.2. The normalized spacial score (nSPS) is 21.6. The average Bonchev–Trinajstić information content (AvgIpc) is 3.19. The summed E-state index contributed by atoms with van der Waals surface area (Å²) >= 11 is 0. The fourth-order valence-corrected chi connectivity index (χ4v) is 3.68. The minimum atomic E-state index is -0.451. The number of nitrogens with zero attached hydrogens (tertiary/aromatic N) is 2. The monoisotopic (exact) mass is 378 g/mol. The molecule has 0 bridgehead atoms. The van der Waals surface area contributed by atoms with Gasteiger partial charge in [0, 0.05) is 44.3 Å². The third-order valence-electron chi connectivity index (χ3n) is 5.25. The second kappa shape index (κ2) is 9.12. The minimum Gasteiger partial charge on any atom is -0.381 e. The van der Waals surface area contributed by atoms with Gasteiger partial charge in [0.25, 0.3) is 5.69 Å². The molecule has 9 heteroatoms. The quantitative estimate of drug-likeness (QED) is 0.577. The van der Waals surface area contributed by atoms with Crippen molar-refractivity contribution in [3.63, 3.8) is 0 Å². The molecule has 1 aromatic carbocycles. The lowest BCUT2D eigenvalue weighted by Crippen LogP contribution is -2.52. The van der Waals surface area contributed by atoms with E-state index in [0.29, 0.717) is 43.5 Å². The molecule has 2 saturated heterocycles. The maximum atomic E-state index is 12.4. The maximum Gasteiger partial charge on any atom is 0.319 e. The fraction of sp³-hybridized carbons (Fsp3) is 0.611.